The number of anilines is 3. The predicted octanol–water partition coefficient (Wildman–Crippen LogP) is 7.83. The van der Waals surface area contributed by atoms with Crippen LogP contribution in [0.3, 0.4) is 0 Å². The van der Waals surface area contributed by atoms with Gasteiger partial charge in [-0.2, -0.15) is 0 Å². The quantitative estimate of drug-likeness (QED) is 0.164. The van der Waals surface area contributed by atoms with Crippen LogP contribution < -0.4 is 16.0 Å². The number of hydrogen-bond donors (Lipinski definition) is 3. The van der Waals surface area contributed by atoms with Crippen LogP contribution in [-0.2, 0) is 13.0 Å². The van der Waals surface area contributed by atoms with Gasteiger partial charge >= 0.3 is 6.03 Å². The number of hydrogen-bond acceptors (Lipinski definition) is 6. The maximum Gasteiger partial charge on any atom is 0.323 e. The lowest BCUT2D eigenvalue weighted by Gasteiger charge is -2.26. The molecule has 0 bridgehead atoms. The molecular weight excluding hydrogens is 548 g/mol. The van der Waals surface area contributed by atoms with Crippen molar-refractivity contribution in [3.8, 4) is 11.3 Å². The smallest absolute Gasteiger partial charge is 0.323 e. The number of carbonyl (C=O) groups excluding carboxylic acids is 1. The molecule has 0 spiro atoms. The number of amides is 2. The Morgan fingerprint density at radius 2 is 1.64 bits per heavy atom. The van der Waals surface area contributed by atoms with Crippen molar-refractivity contribution in [1.29, 1.82) is 0 Å². The second kappa shape index (κ2) is 13.1. The summed E-state index contributed by atoms with van der Waals surface area (Å²) in [6.45, 7) is 3.83. The molecule has 0 radical (unpaired) electrons. The fourth-order valence-corrected chi connectivity index (χ4v) is 5.62. The molecule has 5 aromatic rings. The summed E-state index contributed by atoms with van der Waals surface area (Å²) in [5, 5.41) is 10.4. The number of nitrogens with zero attached hydrogens (tertiary/aromatic N) is 3. The number of benzene rings is 3. The highest BCUT2D eigenvalue weighted by Crippen LogP contribution is 2.39. The molecule has 6 rings (SSSR count). The number of halogens is 1. The standard InChI is InChI=1S/C33H33ClN6O2/c34-29-28-31(36-22-37-32(28)42-30(29)25-9-3-1-4-10-25)35-17-16-23-12-14-26(15-13-23)38-33(41)39-27-11-7-8-24(20-27)21-40-18-5-2-6-19-40/h1,3-4,7-15,20,22H,2,5-6,16-19,21H2,(H,35,36,37)(H2,38,39,41). The maximum atomic E-state index is 12.7. The Bertz CT molecular complexity index is 1650. The first kappa shape index (κ1) is 27.8. The number of rotatable bonds is 9. The number of likely N-dealkylation sites (tertiary alicyclic amines) is 1. The Morgan fingerprint density at radius 3 is 2.45 bits per heavy atom. The van der Waals surface area contributed by atoms with E-state index in [4.69, 9.17) is 16.0 Å². The average molecular weight is 581 g/mol. The van der Waals surface area contributed by atoms with Crippen LogP contribution >= 0.6 is 11.6 Å². The largest absolute Gasteiger partial charge is 0.436 e. The first-order valence-corrected chi connectivity index (χ1v) is 14.7. The van der Waals surface area contributed by atoms with Gasteiger partial charge < -0.3 is 20.4 Å². The molecule has 3 heterocycles. The summed E-state index contributed by atoms with van der Waals surface area (Å²) < 4.78 is 5.94. The first-order valence-electron chi connectivity index (χ1n) is 14.3. The van der Waals surface area contributed by atoms with E-state index in [0.29, 0.717) is 34.2 Å². The number of furan rings is 1. The SMILES string of the molecule is O=C(Nc1ccc(CCNc2ncnc3oc(-c4ccccc4)c(Cl)c23)cc1)Nc1cccc(CN2CCCCC2)c1. The van der Waals surface area contributed by atoms with Gasteiger partial charge in [-0.25, -0.2) is 14.8 Å². The van der Waals surface area contributed by atoms with Gasteiger partial charge in [-0.1, -0.05) is 72.6 Å². The van der Waals surface area contributed by atoms with E-state index in [-0.39, 0.29) is 6.03 Å². The minimum absolute atomic E-state index is 0.265. The third kappa shape index (κ3) is 6.73. The summed E-state index contributed by atoms with van der Waals surface area (Å²) in [6, 6.07) is 25.3. The van der Waals surface area contributed by atoms with E-state index in [1.54, 1.807) is 0 Å². The molecule has 1 aliphatic rings. The van der Waals surface area contributed by atoms with E-state index in [1.807, 2.05) is 66.7 Å². The van der Waals surface area contributed by atoms with Gasteiger partial charge in [0.25, 0.3) is 0 Å². The van der Waals surface area contributed by atoms with E-state index in [1.165, 1.54) is 31.2 Å². The Morgan fingerprint density at radius 1 is 0.857 bits per heavy atom. The fraction of sp³-hybridized carbons (Fsp3) is 0.242. The van der Waals surface area contributed by atoms with Crippen molar-refractivity contribution < 1.29 is 9.21 Å². The van der Waals surface area contributed by atoms with Gasteiger partial charge in [-0.05, 0) is 67.7 Å². The lowest BCUT2D eigenvalue weighted by Crippen LogP contribution is -2.29. The lowest BCUT2D eigenvalue weighted by molar-refractivity contribution is 0.221. The van der Waals surface area contributed by atoms with Crippen LogP contribution in [0.2, 0.25) is 5.02 Å². The summed E-state index contributed by atoms with van der Waals surface area (Å²) in [5.41, 5.74) is 5.17. The van der Waals surface area contributed by atoms with Gasteiger partial charge in [-0.15, -0.1) is 0 Å². The Kier molecular flexibility index (Phi) is 8.63. The monoisotopic (exact) mass is 580 g/mol. The third-order valence-corrected chi connectivity index (χ3v) is 7.78. The number of urea groups is 1. The topological polar surface area (TPSA) is 95.3 Å². The van der Waals surface area contributed by atoms with Gasteiger partial charge in [-0.3, -0.25) is 4.90 Å². The highest BCUT2D eigenvalue weighted by molar-refractivity contribution is 6.38. The number of carbonyl (C=O) groups is 1. The van der Waals surface area contributed by atoms with Crippen LogP contribution in [0, 0.1) is 0 Å². The Labute approximate surface area is 250 Å². The van der Waals surface area contributed by atoms with Crippen LogP contribution in [0.25, 0.3) is 22.4 Å². The number of nitrogens with one attached hydrogen (secondary N) is 3. The van der Waals surface area contributed by atoms with Gasteiger partial charge in [0.15, 0.2) is 5.76 Å². The van der Waals surface area contributed by atoms with E-state index in [2.05, 4.69) is 43.0 Å². The van der Waals surface area contributed by atoms with Gasteiger partial charge in [0.05, 0.1) is 0 Å². The zero-order chi connectivity index (χ0) is 28.7. The van der Waals surface area contributed by atoms with E-state index in [0.717, 1.165) is 48.6 Å². The van der Waals surface area contributed by atoms with Crippen molar-refractivity contribution in [1.82, 2.24) is 14.9 Å². The lowest BCUT2D eigenvalue weighted by atomic mass is 10.1. The molecule has 1 fully saturated rings. The van der Waals surface area contributed by atoms with Crippen LogP contribution in [0.1, 0.15) is 30.4 Å². The average Bonchev–Trinajstić information content (AvgIpc) is 3.36. The Balaban J connectivity index is 1.02. The maximum absolute atomic E-state index is 12.7. The second-order valence-electron chi connectivity index (χ2n) is 10.5. The summed E-state index contributed by atoms with van der Waals surface area (Å²) >= 11 is 6.69. The molecule has 42 heavy (non-hydrogen) atoms. The fourth-order valence-electron chi connectivity index (χ4n) is 5.31. The molecule has 2 aromatic heterocycles. The molecule has 9 heteroatoms. The molecule has 0 unspecified atom stereocenters. The second-order valence-corrected chi connectivity index (χ2v) is 10.9. The minimum Gasteiger partial charge on any atom is -0.436 e. The summed E-state index contributed by atoms with van der Waals surface area (Å²) in [7, 11) is 0. The van der Waals surface area contributed by atoms with Crippen molar-refractivity contribution in [2.45, 2.75) is 32.2 Å². The van der Waals surface area contributed by atoms with E-state index < -0.39 is 0 Å². The van der Waals surface area contributed by atoms with Crippen LogP contribution in [0.5, 0.6) is 0 Å². The summed E-state index contributed by atoms with van der Waals surface area (Å²) in [5.74, 6) is 1.21. The molecule has 8 nitrogen and oxygen atoms in total. The van der Waals surface area contributed by atoms with Crippen molar-refractivity contribution in [2.24, 2.45) is 0 Å². The van der Waals surface area contributed by atoms with Crippen molar-refractivity contribution in [3.05, 3.63) is 101 Å². The zero-order valence-corrected chi connectivity index (χ0v) is 24.0. The van der Waals surface area contributed by atoms with Crippen LogP contribution in [0.15, 0.2) is 89.6 Å². The first-order chi connectivity index (χ1) is 20.6. The van der Waals surface area contributed by atoms with Crippen molar-refractivity contribution >= 4 is 45.9 Å². The van der Waals surface area contributed by atoms with Gasteiger partial charge in [0.2, 0.25) is 5.71 Å². The van der Waals surface area contributed by atoms with Crippen LogP contribution in [0.4, 0.5) is 22.0 Å². The van der Waals surface area contributed by atoms with Gasteiger partial charge in [0, 0.05) is 30.0 Å². The molecule has 3 N–H and O–H groups in total. The highest BCUT2D eigenvalue weighted by atomic mass is 35.5. The van der Waals surface area contributed by atoms with Crippen molar-refractivity contribution in [2.75, 3.05) is 35.6 Å². The highest BCUT2D eigenvalue weighted by Gasteiger charge is 2.19. The van der Waals surface area contributed by atoms with Crippen molar-refractivity contribution in [3.63, 3.8) is 0 Å². The molecule has 0 saturated carbocycles. The zero-order valence-electron chi connectivity index (χ0n) is 23.3. The molecule has 3 aromatic carbocycles. The molecule has 0 atom stereocenters. The molecular formula is C33H33ClN6O2. The molecule has 1 aliphatic heterocycles. The van der Waals surface area contributed by atoms with Gasteiger partial charge in [0.1, 0.15) is 22.6 Å². The third-order valence-electron chi connectivity index (χ3n) is 7.42. The molecule has 214 valence electrons. The molecule has 0 aliphatic carbocycles. The van der Waals surface area contributed by atoms with Crippen LogP contribution in [-0.4, -0.2) is 40.5 Å². The molecule has 1 saturated heterocycles. The number of aromatic nitrogens is 2. The number of piperidine rings is 1. The van der Waals surface area contributed by atoms with E-state index in [9.17, 15) is 4.79 Å². The Hall–Kier alpha value is -4.40. The number of fused-ring (bicyclic) bond motifs is 1. The summed E-state index contributed by atoms with van der Waals surface area (Å²) in [4.78, 5) is 23.8. The van der Waals surface area contributed by atoms with E-state index >= 15 is 0 Å². The predicted molar refractivity (Wildman–Crippen MR) is 169 cm³/mol. The molecule has 2 amide bonds. The minimum atomic E-state index is -0.265. The normalized spacial score (nSPS) is 13.6. The summed E-state index contributed by atoms with van der Waals surface area (Å²) in [6.07, 6.45) is 6.06.